The van der Waals surface area contributed by atoms with Crippen LogP contribution in [-0.2, 0) is 0 Å². The van der Waals surface area contributed by atoms with Gasteiger partial charge in [-0.1, -0.05) is 140 Å². The summed E-state index contributed by atoms with van der Waals surface area (Å²) in [5.74, 6) is 2.37. The van der Waals surface area contributed by atoms with Crippen molar-refractivity contribution in [3.05, 3.63) is 158 Å². The predicted octanol–water partition coefficient (Wildman–Crippen LogP) is 10.3. The maximum atomic E-state index is 6.89. The van der Waals surface area contributed by atoms with Crippen LogP contribution in [0.4, 0.5) is 0 Å². The molecular formula is C43H26N6O. The van der Waals surface area contributed by atoms with Crippen molar-refractivity contribution in [2.45, 2.75) is 0 Å². The van der Waals surface area contributed by atoms with Gasteiger partial charge < -0.3 is 4.42 Å². The van der Waals surface area contributed by atoms with Crippen LogP contribution in [0.25, 0.3) is 95.2 Å². The highest BCUT2D eigenvalue weighted by atomic mass is 16.3. The topological polar surface area (TPSA) is 82.5 Å². The second-order valence-corrected chi connectivity index (χ2v) is 12.1. The highest BCUT2D eigenvalue weighted by Crippen LogP contribution is 2.42. The van der Waals surface area contributed by atoms with Crippen molar-refractivity contribution in [3.63, 3.8) is 0 Å². The van der Waals surface area contributed by atoms with Crippen molar-refractivity contribution < 1.29 is 4.42 Å². The molecular weight excluding hydrogens is 617 g/mol. The number of rotatable bonds is 5. The lowest BCUT2D eigenvalue weighted by atomic mass is 10.1. The zero-order valence-electron chi connectivity index (χ0n) is 26.6. The summed E-state index contributed by atoms with van der Waals surface area (Å²) in [6, 6.07) is 52.8. The summed E-state index contributed by atoms with van der Waals surface area (Å²) in [4.78, 5) is 25.3. The minimum atomic E-state index is 0.524. The Morgan fingerprint density at radius 3 is 1.50 bits per heavy atom. The van der Waals surface area contributed by atoms with Crippen LogP contribution in [0.5, 0.6) is 0 Å². The van der Waals surface area contributed by atoms with Crippen LogP contribution in [0.15, 0.2) is 162 Å². The van der Waals surface area contributed by atoms with Gasteiger partial charge in [0.25, 0.3) is 0 Å². The Morgan fingerprint density at radius 2 is 0.900 bits per heavy atom. The Labute approximate surface area is 286 Å². The standard InChI is InChI=1S/C43H26N6O/c1-5-15-27(16-6-1)36-39-37(45-40(44-36)28-17-7-2-8-18-28)32-25-26-34-35(38(32)50-39)31-23-13-14-24-33(31)49(34)43-47-41(29-19-9-3-10-20-29)46-42(48-43)30-21-11-4-12-22-30/h1-26H. The van der Waals surface area contributed by atoms with Gasteiger partial charge in [0.05, 0.1) is 16.4 Å². The fourth-order valence-corrected chi connectivity index (χ4v) is 6.77. The summed E-state index contributed by atoms with van der Waals surface area (Å²) < 4.78 is 9.00. The molecule has 234 valence electrons. The molecule has 4 aromatic heterocycles. The van der Waals surface area contributed by atoms with E-state index in [1.54, 1.807) is 0 Å². The van der Waals surface area contributed by atoms with E-state index < -0.39 is 0 Å². The van der Waals surface area contributed by atoms with Gasteiger partial charge in [-0.3, -0.25) is 4.57 Å². The lowest BCUT2D eigenvalue weighted by molar-refractivity contribution is 0.671. The molecule has 6 aromatic carbocycles. The van der Waals surface area contributed by atoms with E-state index in [1.165, 1.54) is 0 Å². The van der Waals surface area contributed by atoms with Gasteiger partial charge in [-0.05, 0) is 18.2 Å². The summed E-state index contributed by atoms with van der Waals surface area (Å²) in [6.45, 7) is 0. The highest BCUT2D eigenvalue weighted by molar-refractivity contribution is 6.24. The molecule has 0 saturated heterocycles. The fourth-order valence-electron chi connectivity index (χ4n) is 6.77. The van der Waals surface area contributed by atoms with E-state index >= 15 is 0 Å². The van der Waals surface area contributed by atoms with Crippen LogP contribution in [0.3, 0.4) is 0 Å². The number of nitrogens with zero attached hydrogens (tertiary/aromatic N) is 6. The Bertz CT molecular complexity index is 2790. The summed E-state index contributed by atoms with van der Waals surface area (Å²) >= 11 is 0. The molecule has 0 aliphatic heterocycles. The molecule has 0 aliphatic carbocycles. The molecule has 0 amide bonds. The van der Waals surface area contributed by atoms with Crippen molar-refractivity contribution in [1.29, 1.82) is 0 Å². The number of furan rings is 1. The zero-order chi connectivity index (χ0) is 33.0. The number of hydrogen-bond donors (Lipinski definition) is 0. The zero-order valence-corrected chi connectivity index (χ0v) is 26.6. The van der Waals surface area contributed by atoms with E-state index in [0.29, 0.717) is 29.0 Å². The quantitative estimate of drug-likeness (QED) is 0.186. The Balaban J connectivity index is 1.29. The van der Waals surface area contributed by atoms with Gasteiger partial charge in [0.1, 0.15) is 16.8 Å². The lowest BCUT2D eigenvalue weighted by Gasteiger charge is -2.10. The summed E-state index contributed by atoms with van der Waals surface area (Å²) in [5.41, 5.74) is 8.50. The second-order valence-electron chi connectivity index (χ2n) is 12.1. The number of fused-ring (bicyclic) bond motifs is 7. The molecule has 10 aromatic rings. The Hall–Kier alpha value is -6.99. The van der Waals surface area contributed by atoms with Crippen LogP contribution < -0.4 is 0 Å². The molecule has 10 rings (SSSR count). The number of benzene rings is 6. The average molecular weight is 643 g/mol. The van der Waals surface area contributed by atoms with Crippen LogP contribution in [0.2, 0.25) is 0 Å². The Morgan fingerprint density at radius 1 is 0.380 bits per heavy atom. The molecule has 50 heavy (non-hydrogen) atoms. The third kappa shape index (κ3) is 4.48. The van der Waals surface area contributed by atoms with E-state index in [4.69, 9.17) is 29.3 Å². The summed E-state index contributed by atoms with van der Waals surface area (Å²) in [5, 5.41) is 2.89. The van der Waals surface area contributed by atoms with Crippen LogP contribution in [0.1, 0.15) is 0 Å². The first kappa shape index (κ1) is 28.1. The molecule has 0 atom stereocenters. The molecule has 0 fully saturated rings. The molecule has 0 spiro atoms. The number of para-hydroxylation sites is 1. The van der Waals surface area contributed by atoms with Crippen molar-refractivity contribution >= 4 is 43.9 Å². The van der Waals surface area contributed by atoms with Gasteiger partial charge in [-0.15, -0.1) is 0 Å². The fraction of sp³-hybridized carbons (Fsp3) is 0. The monoisotopic (exact) mass is 642 g/mol. The summed E-state index contributed by atoms with van der Waals surface area (Å²) in [6.07, 6.45) is 0. The van der Waals surface area contributed by atoms with Gasteiger partial charge >= 0.3 is 0 Å². The van der Waals surface area contributed by atoms with E-state index in [1.807, 2.05) is 115 Å². The van der Waals surface area contributed by atoms with Crippen molar-refractivity contribution in [2.24, 2.45) is 0 Å². The second kappa shape index (κ2) is 11.3. The van der Waals surface area contributed by atoms with Gasteiger partial charge in [0.15, 0.2) is 23.1 Å². The van der Waals surface area contributed by atoms with Crippen LogP contribution in [-0.4, -0.2) is 29.5 Å². The summed E-state index contributed by atoms with van der Waals surface area (Å²) in [7, 11) is 0. The van der Waals surface area contributed by atoms with Gasteiger partial charge in [-0.2, -0.15) is 9.97 Å². The third-order valence-electron chi connectivity index (χ3n) is 9.08. The van der Waals surface area contributed by atoms with Gasteiger partial charge in [0.2, 0.25) is 5.95 Å². The SMILES string of the molecule is c1ccc(-c2nc(-c3ccccc3)nc(-n3c4ccccc4c4c5oc6c(-c7ccccc7)nc(-c7ccccc7)nc6c5ccc43)n2)cc1. The number of aromatic nitrogens is 6. The first-order valence-corrected chi connectivity index (χ1v) is 16.4. The van der Waals surface area contributed by atoms with E-state index in [9.17, 15) is 0 Å². The van der Waals surface area contributed by atoms with Gasteiger partial charge in [0, 0.05) is 33.0 Å². The smallest absolute Gasteiger partial charge is 0.238 e. The minimum absolute atomic E-state index is 0.524. The van der Waals surface area contributed by atoms with Crippen molar-refractivity contribution in [3.8, 4) is 51.4 Å². The molecule has 0 N–H and O–H groups in total. The van der Waals surface area contributed by atoms with Crippen molar-refractivity contribution in [2.75, 3.05) is 0 Å². The van der Waals surface area contributed by atoms with E-state index in [-0.39, 0.29) is 0 Å². The maximum absolute atomic E-state index is 6.89. The molecule has 0 aliphatic rings. The van der Waals surface area contributed by atoms with Crippen LogP contribution >= 0.6 is 0 Å². The normalized spacial score (nSPS) is 11.6. The lowest BCUT2D eigenvalue weighted by Crippen LogP contribution is -2.06. The first-order chi connectivity index (χ1) is 24.8. The van der Waals surface area contributed by atoms with Gasteiger partial charge in [-0.25, -0.2) is 15.0 Å². The molecule has 0 unspecified atom stereocenters. The minimum Gasteiger partial charge on any atom is -0.451 e. The Kier molecular flexibility index (Phi) is 6.35. The van der Waals surface area contributed by atoms with E-state index in [0.717, 1.165) is 66.2 Å². The maximum Gasteiger partial charge on any atom is 0.238 e. The molecule has 4 heterocycles. The first-order valence-electron chi connectivity index (χ1n) is 16.4. The predicted molar refractivity (Wildman–Crippen MR) is 199 cm³/mol. The molecule has 0 bridgehead atoms. The average Bonchev–Trinajstić information content (AvgIpc) is 3.74. The molecule has 7 nitrogen and oxygen atoms in total. The number of hydrogen-bond acceptors (Lipinski definition) is 6. The molecule has 0 saturated carbocycles. The van der Waals surface area contributed by atoms with Crippen molar-refractivity contribution in [1.82, 2.24) is 29.5 Å². The molecule has 7 heteroatoms. The third-order valence-corrected chi connectivity index (χ3v) is 9.08. The van der Waals surface area contributed by atoms with Crippen LogP contribution in [0, 0.1) is 0 Å². The largest absolute Gasteiger partial charge is 0.451 e. The molecule has 0 radical (unpaired) electrons. The van der Waals surface area contributed by atoms with E-state index in [2.05, 4.69) is 47.0 Å². The highest BCUT2D eigenvalue weighted by Gasteiger charge is 2.24.